The lowest BCUT2D eigenvalue weighted by atomic mass is 9.96. The monoisotopic (exact) mass is 249 g/mol. The smallest absolute Gasteiger partial charge is 0.323 e. The van der Waals surface area contributed by atoms with Crippen LogP contribution >= 0.6 is 0 Å². The lowest BCUT2D eigenvalue weighted by molar-refractivity contribution is -0.144. The lowest BCUT2D eigenvalue weighted by Gasteiger charge is -2.29. The molecular formula is C15H23NO2. The van der Waals surface area contributed by atoms with Gasteiger partial charge < -0.3 is 5.11 Å². The zero-order chi connectivity index (χ0) is 13.8. The molecule has 0 heterocycles. The Morgan fingerprint density at radius 1 is 1.33 bits per heavy atom. The van der Waals surface area contributed by atoms with Crippen molar-refractivity contribution in [3.63, 3.8) is 0 Å². The molecule has 0 spiro atoms. The maximum Gasteiger partial charge on any atom is 0.323 e. The van der Waals surface area contributed by atoms with Gasteiger partial charge in [0.1, 0.15) is 5.54 Å². The van der Waals surface area contributed by atoms with Gasteiger partial charge in [0.05, 0.1) is 0 Å². The van der Waals surface area contributed by atoms with Gasteiger partial charge >= 0.3 is 5.97 Å². The average molecular weight is 249 g/mol. The van der Waals surface area contributed by atoms with Crippen molar-refractivity contribution in [2.45, 2.75) is 52.1 Å². The third-order valence-corrected chi connectivity index (χ3v) is 3.60. The molecule has 3 heteroatoms. The summed E-state index contributed by atoms with van der Waals surface area (Å²) in [5.74, 6) is -0.804. The van der Waals surface area contributed by atoms with Crippen LogP contribution in [0.2, 0.25) is 0 Å². The Bertz CT molecular complexity index is 399. The summed E-state index contributed by atoms with van der Waals surface area (Å²) in [7, 11) is 0. The first-order valence-corrected chi connectivity index (χ1v) is 6.53. The molecule has 3 nitrogen and oxygen atoms in total. The molecule has 0 aliphatic heterocycles. The van der Waals surface area contributed by atoms with Crippen LogP contribution in [0.15, 0.2) is 24.3 Å². The van der Waals surface area contributed by atoms with Crippen molar-refractivity contribution in [2.75, 3.05) is 0 Å². The van der Waals surface area contributed by atoms with Crippen molar-refractivity contribution in [3.8, 4) is 0 Å². The number of carboxylic acid groups (broad SMARTS) is 1. The van der Waals surface area contributed by atoms with Crippen molar-refractivity contribution >= 4 is 5.97 Å². The van der Waals surface area contributed by atoms with Crippen molar-refractivity contribution in [3.05, 3.63) is 35.4 Å². The molecular weight excluding hydrogens is 226 g/mol. The van der Waals surface area contributed by atoms with E-state index in [9.17, 15) is 9.90 Å². The summed E-state index contributed by atoms with van der Waals surface area (Å²) in [6, 6.07) is 8.34. The summed E-state index contributed by atoms with van der Waals surface area (Å²) in [5, 5.41) is 12.4. The molecule has 0 amide bonds. The summed E-state index contributed by atoms with van der Waals surface area (Å²) in [6.07, 6.45) is 1.57. The molecule has 2 unspecified atom stereocenters. The van der Waals surface area contributed by atoms with Gasteiger partial charge in [0, 0.05) is 6.04 Å². The molecule has 0 aliphatic carbocycles. The maximum absolute atomic E-state index is 11.3. The van der Waals surface area contributed by atoms with Crippen LogP contribution < -0.4 is 5.32 Å². The first kappa shape index (κ1) is 14.7. The van der Waals surface area contributed by atoms with Crippen molar-refractivity contribution < 1.29 is 9.90 Å². The average Bonchev–Trinajstić information content (AvgIpc) is 2.38. The van der Waals surface area contributed by atoms with Crippen LogP contribution in [0.4, 0.5) is 0 Å². The van der Waals surface area contributed by atoms with Gasteiger partial charge in [-0.05, 0) is 37.8 Å². The molecule has 2 N–H and O–H groups in total. The summed E-state index contributed by atoms with van der Waals surface area (Å²) in [5.41, 5.74) is 1.54. The number of carbonyl (C=O) groups is 1. The van der Waals surface area contributed by atoms with E-state index in [0.29, 0.717) is 6.42 Å². The molecule has 1 aromatic carbocycles. The predicted molar refractivity (Wildman–Crippen MR) is 73.7 cm³/mol. The third-order valence-electron chi connectivity index (χ3n) is 3.60. The maximum atomic E-state index is 11.3. The molecule has 100 valence electrons. The molecule has 1 aromatic rings. The Balaban J connectivity index is 2.80. The van der Waals surface area contributed by atoms with E-state index >= 15 is 0 Å². The van der Waals surface area contributed by atoms with Crippen molar-refractivity contribution in [1.82, 2.24) is 5.32 Å². The first-order chi connectivity index (χ1) is 8.42. The second-order valence-corrected chi connectivity index (χ2v) is 4.95. The van der Waals surface area contributed by atoms with E-state index in [1.807, 2.05) is 13.8 Å². The molecule has 0 aliphatic rings. The van der Waals surface area contributed by atoms with E-state index in [-0.39, 0.29) is 6.04 Å². The zero-order valence-corrected chi connectivity index (χ0v) is 11.7. The normalized spacial score (nSPS) is 16.0. The van der Waals surface area contributed by atoms with Crippen LogP contribution in [-0.2, 0) is 11.2 Å². The molecule has 1 rings (SSSR count). The standard InChI is InChI=1S/C15H23NO2/c1-5-12-7-9-13(10-8-12)11(3)16-15(4,6-2)14(17)18/h7-11,16H,5-6H2,1-4H3,(H,17,18). The minimum absolute atomic E-state index is 0.0250. The zero-order valence-electron chi connectivity index (χ0n) is 11.7. The minimum Gasteiger partial charge on any atom is -0.480 e. The number of aryl methyl sites for hydroxylation is 1. The largest absolute Gasteiger partial charge is 0.480 e. The molecule has 0 bridgehead atoms. The molecule has 18 heavy (non-hydrogen) atoms. The molecule has 2 atom stereocenters. The van der Waals surface area contributed by atoms with Gasteiger partial charge in [-0.25, -0.2) is 0 Å². The van der Waals surface area contributed by atoms with Gasteiger partial charge in [0.25, 0.3) is 0 Å². The molecule has 0 fully saturated rings. The first-order valence-electron chi connectivity index (χ1n) is 6.53. The second-order valence-electron chi connectivity index (χ2n) is 4.95. The summed E-state index contributed by atoms with van der Waals surface area (Å²) in [4.78, 5) is 11.3. The minimum atomic E-state index is -0.872. The van der Waals surface area contributed by atoms with Crippen LogP contribution in [0, 0.1) is 0 Å². The highest BCUT2D eigenvalue weighted by Crippen LogP contribution is 2.19. The van der Waals surface area contributed by atoms with E-state index in [1.165, 1.54) is 5.56 Å². The quantitative estimate of drug-likeness (QED) is 0.814. The highest BCUT2D eigenvalue weighted by Gasteiger charge is 2.32. The predicted octanol–water partition coefficient (Wildman–Crippen LogP) is 3.15. The van der Waals surface area contributed by atoms with E-state index in [2.05, 4.69) is 36.5 Å². The fourth-order valence-electron chi connectivity index (χ4n) is 1.92. The van der Waals surface area contributed by atoms with Crippen molar-refractivity contribution in [1.29, 1.82) is 0 Å². The number of rotatable bonds is 6. The van der Waals surface area contributed by atoms with Gasteiger partial charge in [-0.15, -0.1) is 0 Å². The van der Waals surface area contributed by atoms with Crippen molar-refractivity contribution in [2.24, 2.45) is 0 Å². The van der Waals surface area contributed by atoms with Crippen LogP contribution in [-0.4, -0.2) is 16.6 Å². The molecule has 0 aromatic heterocycles. The Labute approximate surface area is 109 Å². The number of carboxylic acids is 1. The van der Waals surface area contributed by atoms with Gasteiger partial charge in [-0.3, -0.25) is 10.1 Å². The van der Waals surface area contributed by atoms with Gasteiger partial charge in [-0.2, -0.15) is 0 Å². The van der Waals surface area contributed by atoms with Crippen LogP contribution in [0.25, 0.3) is 0 Å². The summed E-state index contributed by atoms with van der Waals surface area (Å²) < 4.78 is 0. The number of aliphatic carboxylic acids is 1. The van der Waals surface area contributed by atoms with E-state index in [0.717, 1.165) is 12.0 Å². The Morgan fingerprint density at radius 2 is 1.89 bits per heavy atom. The van der Waals surface area contributed by atoms with Gasteiger partial charge in [0.15, 0.2) is 0 Å². The Kier molecular flexibility index (Phi) is 4.91. The fourth-order valence-corrected chi connectivity index (χ4v) is 1.92. The molecule has 0 radical (unpaired) electrons. The number of nitrogens with one attached hydrogen (secondary N) is 1. The summed E-state index contributed by atoms with van der Waals surface area (Å²) >= 11 is 0. The van der Waals surface area contributed by atoms with E-state index in [1.54, 1.807) is 6.92 Å². The Hall–Kier alpha value is -1.35. The molecule has 0 saturated heterocycles. The summed E-state index contributed by atoms with van der Waals surface area (Å²) in [6.45, 7) is 7.73. The van der Waals surface area contributed by atoms with Crippen LogP contribution in [0.5, 0.6) is 0 Å². The number of hydrogen-bond donors (Lipinski definition) is 2. The molecule has 0 saturated carbocycles. The fraction of sp³-hybridized carbons (Fsp3) is 0.533. The van der Waals surface area contributed by atoms with Gasteiger partial charge in [0.2, 0.25) is 0 Å². The van der Waals surface area contributed by atoms with Crippen LogP contribution in [0.3, 0.4) is 0 Å². The topological polar surface area (TPSA) is 49.3 Å². The van der Waals surface area contributed by atoms with E-state index in [4.69, 9.17) is 0 Å². The SMILES string of the molecule is CCc1ccc(C(C)NC(C)(CC)C(=O)O)cc1. The highest BCUT2D eigenvalue weighted by molar-refractivity contribution is 5.78. The lowest BCUT2D eigenvalue weighted by Crippen LogP contribution is -2.49. The van der Waals surface area contributed by atoms with E-state index < -0.39 is 11.5 Å². The van der Waals surface area contributed by atoms with Gasteiger partial charge in [-0.1, -0.05) is 38.1 Å². The third kappa shape index (κ3) is 3.33. The Morgan fingerprint density at radius 3 is 2.28 bits per heavy atom. The van der Waals surface area contributed by atoms with Crippen LogP contribution in [0.1, 0.15) is 51.3 Å². The second kappa shape index (κ2) is 6.01. The number of benzene rings is 1. The highest BCUT2D eigenvalue weighted by atomic mass is 16.4. The number of hydrogen-bond acceptors (Lipinski definition) is 2.